The van der Waals surface area contributed by atoms with Crippen LogP contribution in [0.15, 0.2) is 23.8 Å². The van der Waals surface area contributed by atoms with Crippen molar-refractivity contribution in [3.8, 4) is 5.75 Å². The molecule has 1 aromatic carbocycles. The highest BCUT2D eigenvalue weighted by Crippen LogP contribution is 2.24. The van der Waals surface area contributed by atoms with Gasteiger partial charge in [-0.2, -0.15) is 0 Å². The van der Waals surface area contributed by atoms with Gasteiger partial charge >= 0.3 is 5.97 Å². The number of benzene rings is 1. The van der Waals surface area contributed by atoms with Gasteiger partial charge in [-0.15, -0.1) is 0 Å². The summed E-state index contributed by atoms with van der Waals surface area (Å²) in [5, 5.41) is 0. The maximum absolute atomic E-state index is 11.2. The Morgan fingerprint density at radius 3 is 2.88 bits per heavy atom. The molecule has 4 heteroatoms. The molecule has 1 heterocycles. The van der Waals surface area contributed by atoms with Crippen molar-refractivity contribution in [3.05, 3.63) is 29.3 Å². The van der Waals surface area contributed by atoms with Crippen LogP contribution in [0.3, 0.4) is 0 Å². The molecule has 1 aliphatic rings. The second kappa shape index (κ2) is 4.26. The fourth-order valence-electron chi connectivity index (χ4n) is 1.62. The zero-order chi connectivity index (χ0) is 11.5. The first-order valence-corrected chi connectivity index (χ1v) is 5.02. The Kier molecular flexibility index (Phi) is 2.81. The monoisotopic (exact) mass is 219 g/mol. The van der Waals surface area contributed by atoms with Gasteiger partial charge in [0, 0.05) is 12.0 Å². The summed E-state index contributed by atoms with van der Waals surface area (Å²) in [4.78, 5) is 11.2. The first kappa shape index (κ1) is 10.5. The Morgan fingerprint density at radius 1 is 1.50 bits per heavy atom. The third-order valence-corrected chi connectivity index (χ3v) is 2.46. The number of cyclic esters (lactones) is 1. The molecule has 1 aliphatic heterocycles. The van der Waals surface area contributed by atoms with Crippen LogP contribution >= 0.6 is 0 Å². The first-order valence-electron chi connectivity index (χ1n) is 5.02. The maximum atomic E-state index is 11.2. The predicted molar refractivity (Wildman–Crippen MR) is 61.0 cm³/mol. The molecule has 0 bridgehead atoms. The van der Waals surface area contributed by atoms with Crippen molar-refractivity contribution in [3.63, 3.8) is 0 Å². The fraction of sp³-hybridized carbons (Fsp3) is 0.250. The number of nitrogens with two attached hydrogens (primary N) is 1. The Bertz CT molecular complexity index is 452. The second-order valence-corrected chi connectivity index (χ2v) is 3.56. The van der Waals surface area contributed by atoms with E-state index in [0.717, 1.165) is 5.56 Å². The van der Waals surface area contributed by atoms with E-state index < -0.39 is 0 Å². The van der Waals surface area contributed by atoms with Crippen molar-refractivity contribution in [1.82, 2.24) is 0 Å². The number of carbonyl (C=O) groups is 1. The summed E-state index contributed by atoms with van der Waals surface area (Å²) >= 11 is 0. The minimum absolute atomic E-state index is 0.241. The van der Waals surface area contributed by atoms with Crippen LogP contribution in [0.2, 0.25) is 0 Å². The quantitative estimate of drug-likeness (QED) is 0.466. The summed E-state index contributed by atoms with van der Waals surface area (Å²) < 4.78 is 9.90. The molecule has 84 valence electrons. The average molecular weight is 219 g/mol. The standard InChI is InChI=1S/C12H13NO3/c1-15-11-3-2-8(7-10(11)13)6-9-4-5-16-12(9)14/h2-3,6-7H,4-5,13H2,1H3/b9-6-. The van der Waals surface area contributed by atoms with Gasteiger partial charge in [-0.1, -0.05) is 6.07 Å². The van der Waals surface area contributed by atoms with Crippen molar-refractivity contribution in [2.24, 2.45) is 0 Å². The fourth-order valence-corrected chi connectivity index (χ4v) is 1.62. The summed E-state index contributed by atoms with van der Waals surface area (Å²) in [6.07, 6.45) is 2.45. The van der Waals surface area contributed by atoms with Gasteiger partial charge in [0.15, 0.2) is 0 Å². The number of hydrogen-bond acceptors (Lipinski definition) is 4. The van der Waals surface area contributed by atoms with Crippen LogP contribution in [0.4, 0.5) is 5.69 Å². The first-order chi connectivity index (χ1) is 7.70. The average Bonchev–Trinajstić information content (AvgIpc) is 2.65. The summed E-state index contributed by atoms with van der Waals surface area (Å²) in [6, 6.07) is 5.41. The minimum Gasteiger partial charge on any atom is -0.495 e. The summed E-state index contributed by atoms with van der Waals surface area (Å²) in [7, 11) is 1.57. The molecule has 0 aromatic heterocycles. The van der Waals surface area contributed by atoms with Crippen LogP contribution in [0.25, 0.3) is 6.08 Å². The molecule has 2 rings (SSSR count). The molecule has 0 spiro atoms. The molecule has 2 N–H and O–H groups in total. The molecular formula is C12H13NO3. The second-order valence-electron chi connectivity index (χ2n) is 3.56. The van der Waals surface area contributed by atoms with Crippen molar-refractivity contribution < 1.29 is 14.3 Å². The summed E-state index contributed by atoms with van der Waals surface area (Å²) in [5.74, 6) is 0.394. The lowest BCUT2D eigenvalue weighted by molar-refractivity contribution is -0.134. The predicted octanol–water partition coefficient (Wildman–Crippen LogP) is 1.61. The topological polar surface area (TPSA) is 61.5 Å². The SMILES string of the molecule is COc1ccc(/C=C2/CCOC2=O)cc1N. The number of anilines is 1. The molecule has 16 heavy (non-hydrogen) atoms. The van der Waals surface area contributed by atoms with E-state index in [9.17, 15) is 4.79 Å². The number of methoxy groups -OCH3 is 1. The van der Waals surface area contributed by atoms with Crippen LogP contribution in [-0.4, -0.2) is 19.7 Å². The van der Waals surface area contributed by atoms with Crippen LogP contribution < -0.4 is 10.5 Å². The van der Waals surface area contributed by atoms with Gasteiger partial charge in [0.2, 0.25) is 0 Å². The van der Waals surface area contributed by atoms with Crippen LogP contribution in [0.5, 0.6) is 5.75 Å². The van der Waals surface area contributed by atoms with E-state index >= 15 is 0 Å². The number of ether oxygens (including phenoxy) is 2. The summed E-state index contributed by atoms with van der Waals surface area (Å²) in [5.41, 5.74) is 7.90. The molecule has 0 aliphatic carbocycles. The minimum atomic E-state index is -0.241. The van der Waals surface area contributed by atoms with Crippen LogP contribution in [0.1, 0.15) is 12.0 Å². The molecule has 0 saturated carbocycles. The van der Waals surface area contributed by atoms with Gasteiger partial charge in [0.05, 0.1) is 19.4 Å². The van der Waals surface area contributed by atoms with E-state index in [1.165, 1.54) is 0 Å². The van der Waals surface area contributed by atoms with E-state index in [4.69, 9.17) is 15.2 Å². The molecule has 0 radical (unpaired) electrons. The van der Waals surface area contributed by atoms with E-state index in [1.807, 2.05) is 6.07 Å². The van der Waals surface area contributed by atoms with Gasteiger partial charge in [-0.25, -0.2) is 4.79 Å². The number of hydrogen-bond donors (Lipinski definition) is 1. The van der Waals surface area contributed by atoms with Gasteiger partial charge in [-0.05, 0) is 23.8 Å². The van der Waals surface area contributed by atoms with E-state index in [2.05, 4.69) is 0 Å². The summed E-state index contributed by atoms with van der Waals surface area (Å²) in [6.45, 7) is 0.469. The van der Waals surface area contributed by atoms with Crippen molar-refractivity contribution in [2.45, 2.75) is 6.42 Å². The van der Waals surface area contributed by atoms with Gasteiger partial charge < -0.3 is 15.2 Å². The maximum Gasteiger partial charge on any atom is 0.334 e. The third kappa shape index (κ3) is 2.00. The number of esters is 1. The largest absolute Gasteiger partial charge is 0.495 e. The molecule has 4 nitrogen and oxygen atoms in total. The van der Waals surface area contributed by atoms with Crippen molar-refractivity contribution in [2.75, 3.05) is 19.5 Å². The highest BCUT2D eigenvalue weighted by molar-refractivity contribution is 5.95. The lowest BCUT2D eigenvalue weighted by atomic mass is 10.1. The number of nitrogen functional groups attached to an aromatic ring is 1. The molecule has 0 unspecified atom stereocenters. The lowest BCUT2D eigenvalue weighted by Gasteiger charge is -2.04. The van der Waals surface area contributed by atoms with Crippen LogP contribution in [-0.2, 0) is 9.53 Å². The third-order valence-electron chi connectivity index (χ3n) is 2.46. The van der Waals surface area contributed by atoms with E-state index in [0.29, 0.717) is 30.0 Å². The Labute approximate surface area is 93.7 Å². The van der Waals surface area contributed by atoms with Crippen LogP contribution in [0, 0.1) is 0 Å². The normalized spacial score (nSPS) is 17.6. The van der Waals surface area contributed by atoms with Gasteiger partial charge in [0.25, 0.3) is 0 Å². The van der Waals surface area contributed by atoms with Gasteiger partial charge in [-0.3, -0.25) is 0 Å². The zero-order valence-corrected chi connectivity index (χ0v) is 9.03. The molecule has 1 saturated heterocycles. The van der Waals surface area contributed by atoms with Crippen molar-refractivity contribution >= 4 is 17.7 Å². The molecule has 1 aromatic rings. The molecule has 1 fully saturated rings. The number of carbonyl (C=O) groups excluding carboxylic acids is 1. The lowest BCUT2D eigenvalue weighted by Crippen LogP contribution is -1.95. The Balaban J connectivity index is 2.28. The smallest absolute Gasteiger partial charge is 0.334 e. The highest BCUT2D eigenvalue weighted by atomic mass is 16.5. The Morgan fingerprint density at radius 2 is 2.31 bits per heavy atom. The van der Waals surface area contributed by atoms with E-state index in [-0.39, 0.29) is 5.97 Å². The zero-order valence-electron chi connectivity index (χ0n) is 9.03. The molecule has 0 atom stereocenters. The Hall–Kier alpha value is -1.97. The van der Waals surface area contributed by atoms with E-state index in [1.54, 1.807) is 25.3 Å². The highest BCUT2D eigenvalue weighted by Gasteiger charge is 2.18. The molecular weight excluding hydrogens is 206 g/mol. The van der Waals surface area contributed by atoms with Crippen molar-refractivity contribution in [1.29, 1.82) is 0 Å². The molecule has 0 amide bonds. The number of rotatable bonds is 2. The van der Waals surface area contributed by atoms with Gasteiger partial charge in [0.1, 0.15) is 5.75 Å².